The Kier molecular flexibility index (Phi) is 2.82. The molecule has 1 aliphatic heterocycles. The van der Waals surface area contributed by atoms with Gasteiger partial charge in [0.15, 0.2) is 6.29 Å². The molecule has 1 aromatic heterocycles. The second-order valence-electron chi connectivity index (χ2n) is 5.08. The Balaban J connectivity index is 2.09. The number of para-hydroxylation sites is 1. The number of carbonyl (C=O) groups excluding carboxylic acids is 1. The molecule has 0 bridgehead atoms. The lowest BCUT2D eigenvalue weighted by molar-refractivity contribution is 0.112. The molecular weight excluding hydrogens is 236 g/mol. The summed E-state index contributed by atoms with van der Waals surface area (Å²) in [5, 5.41) is 0. The summed E-state index contributed by atoms with van der Waals surface area (Å²) < 4.78 is 0. The Labute approximate surface area is 112 Å². The molecule has 0 aliphatic carbocycles. The summed E-state index contributed by atoms with van der Waals surface area (Å²) in [4.78, 5) is 17.5. The molecule has 2 aromatic rings. The fourth-order valence-corrected chi connectivity index (χ4v) is 2.79. The van der Waals surface area contributed by atoms with Crippen LogP contribution < -0.4 is 4.90 Å². The minimum absolute atomic E-state index is 0.394. The van der Waals surface area contributed by atoms with Crippen molar-refractivity contribution < 1.29 is 4.79 Å². The summed E-state index contributed by atoms with van der Waals surface area (Å²) in [6.45, 7) is 4.21. The fraction of sp³-hybridized carbons (Fsp3) is 0.250. The van der Waals surface area contributed by atoms with Crippen LogP contribution in [0.25, 0.3) is 0 Å². The van der Waals surface area contributed by atoms with E-state index < -0.39 is 0 Å². The van der Waals surface area contributed by atoms with Crippen LogP contribution in [0.4, 0.5) is 11.5 Å². The van der Waals surface area contributed by atoms with Gasteiger partial charge in [0.2, 0.25) is 0 Å². The number of hydrogen-bond acceptors (Lipinski definition) is 3. The zero-order chi connectivity index (χ0) is 13.4. The van der Waals surface area contributed by atoms with E-state index in [1.807, 2.05) is 13.0 Å². The molecule has 1 atom stereocenters. The molecule has 0 saturated carbocycles. The monoisotopic (exact) mass is 252 g/mol. The SMILES string of the molecule is Cc1cc(C=O)cnc1N1c2ccccc2CC1C. The smallest absolute Gasteiger partial charge is 0.151 e. The number of nitrogens with zero attached hydrogens (tertiary/aromatic N) is 2. The van der Waals surface area contributed by atoms with Crippen LogP contribution in [0.2, 0.25) is 0 Å². The predicted molar refractivity (Wildman–Crippen MR) is 76.1 cm³/mol. The third-order valence-corrected chi connectivity index (χ3v) is 3.64. The van der Waals surface area contributed by atoms with Crippen molar-refractivity contribution in [3.05, 3.63) is 53.2 Å². The van der Waals surface area contributed by atoms with Crippen molar-refractivity contribution in [3.8, 4) is 0 Å². The third-order valence-electron chi connectivity index (χ3n) is 3.64. The van der Waals surface area contributed by atoms with Crippen LogP contribution in [0.1, 0.15) is 28.4 Å². The standard InChI is InChI=1S/C16H16N2O/c1-11-7-13(10-19)9-17-16(11)18-12(2)8-14-5-3-4-6-15(14)18/h3-7,9-10,12H,8H2,1-2H3. The van der Waals surface area contributed by atoms with E-state index >= 15 is 0 Å². The second-order valence-corrected chi connectivity index (χ2v) is 5.08. The van der Waals surface area contributed by atoms with Gasteiger partial charge in [-0.1, -0.05) is 18.2 Å². The van der Waals surface area contributed by atoms with Gasteiger partial charge in [-0.3, -0.25) is 4.79 Å². The number of hydrogen-bond donors (Lipinski definition) is 0. The number of carbonyl (C=O) groups is 1. The van der Waals surface area contributed by atoms with E-state index in [-0.39, 0.29) is 0 Å². The highest BCUT2D eigenvalue weighted by atomic mass is 16.1. The summed E-state index contributed by atoms with van der Waals surface area (Å²) in [5.74, 6) is 0.947. The van der Waals surface area contributed by atoms with Gasteiger partial charge < -0.3 is 4.90 Å². The molecule has 1 unspecified atom stereocenters. The lowest BCUT2D eigenvalue weighted by atomic mass is 10.1. The van der Waals surface area contributed by atoms with E-state index in [4.69, 9.17) is 0 Å². The van der Waals surface area contributed by atoms with Crippen molar-refractivity contribution >= 4 is 17.8 Å². The quantitative estimate of drug-likeness (QED) is 0.769. The normalized spacial score (nSPS) is 17.4. The van der Waals surface area contributed by atoms with Crippen molar-refractivity contribution in [2.24, 2.45) is 0 Å². The average molecular weight is 252 g/mol. The van der Waals surface area contributed by atoms with Crippen LogP contribution in [0, 0.1) is 6.92 Å². The van der Waals surface area contributed by atoms with E-state index in [2.05, 4.69) is 41.1 Å². The van der Waals surface area contributed by atoms with Crippen LogP contribution in [0.5, 0.6) is 0 Å². The summed E-state index contributed by atoms with van der Waals surface area (Å²) in [7, 11) is 0. The summed E-state index contributed by atoms with van der Waals surface area (Å²) in [6.07, 6.45) is 3.51. The molecule has 3 rings (SSSR count). The van der Waals surface area contributed by atoms with Crippen molar-refractivity contribution in [1.29, 1.82) is 0 Å². The largest absolute Gasteiger partial charge is 0.323 e. The van der Waals surface area contributed by atoms with Gasteiger partial charge in [0.05, 0.1) is 0 Å². The lowest BCUT2D eigenvalue weighted by Crippen LogP contribution is -2.25. The summed E-state index contributed by atoms with van der Waals surface area (Å²) >= 11 is 0. The Morgan fingerprint density at radius 2 is 2.16 bits per heavy atom. The third kappa shape index (κ3) is 1.91. The molecule has 0 fully saturated rings. The molecule has 3 nitrogen and oxygen atoms in total. The first-order valence-corrected chi connectivity index (χ1v) is 6.49. The molecule has 0 N–H and O–H groups in total. The zero-order valence-corrected chi connectivity index (χ0v) is 11.1. The first-order valence-electron chi connectivity index (χ1n) is 6.49. The summed E-state index contributed by atoms with van der Waals surface area (Å²) in [5.41, 5.74) is 4.25. The Hall–Kier alpha value is -2.16. The number of rotatable bonds is 2. The number of aldehydes is 1. The Morgan fingerprint density at radius 1 is 1.37 bits per heavy atom. The zero-order valence-electron chi connectivity index (χ0n) is 11.1. The molecule has 0 spiro atoms. The van der Waals surface area contributed by atoms with Gasteiger partial charge in [-0.25, -0.2) is 4.98 Å². The van der Waals surface area contributed by atoms with Crippen molar-refractivity contribution in [2.45, 2.75) is 26.3 Å². The van der Waals surface area contributed by atoms with Gasteiger partial charge in [0.1, 0.15) is 5.82 Å². The molecule has 3 heteroatoms. The highest BCUT2D eigenvalue weighted by Gasteiger charge is 2.28. The van der Waals surface area contributed by atoms with Gasteiger partial charge in [-0.05, 0) is 43.5 Å². The fourth-order valence-electron chi connectivity index (χ4n) is 2.79. The highest BCUT2D eigenvalue weighted by molar-refractivity contribution is 5.77. The van der Waals surface area contributed by atoms with Gasteiger partial charge >= 0.3 is 0 Å². The molecule has 19 heavy (non-hydrogen) atoms. The van der Waals surface area contributed by atoms with Crippen LogP contribution in [0.15, 0.2) is 36.5 Å². The average Bonchev–Trinajstić information content (AvgIpc) is 2.75. The van der Waals surface area contributed by atoms with Crippen LogP contribution in [0.3, 0.4) is 0 Å². The topological polar surface area (TPSA) is 33.2 Å². The molecule has 1 aliphatic rings. The number of benzene rings is 1. The van der Waals surface area contributed by atoms with Crippen LogP contribution in [-0.2, 0) is 6.42 Å². The number of anilines is 2. The maximum Gasteiger partial charge on any atom is 0.151 e. The molecule has 1 aromatic carbocycles. The van der Waals surface area contributed by atoms with E-state index in [1.54, 1.807) is 6.20 Å². The number of pyridine rings is 1. The Morgan fingerprint density at radius 3 is 2.89 bits per heavy atom. The van der Waals surface area contributed by atoms with Crippen molar-refractivity contribution in [2.75, 3.05) is 4.90 Å². The van der Waals surface area contributed by atoms with Gasteiger partial charge in [-0.15, -0.1) is 0 Å². The molecule has 0 radical (unpaired) electrons. The van der Waals surface area contributed by atoms with E-state index in [0.29, 0.717) is 11.6 Å². The molecular formula is C16H16N2O. The molecule has 2 heterocycles. The minimum atomic E-state index is 0.394. The van der Waals surface area contributed by atoms with Crippen molar-refractivity contribution in [3.63, 3.8) is 0 Å². The molecule has 0 amide bonds. The van der Waals surface area contributed by atoms with Crippen LogP contribution >= 0.6 is 0 Å². The second kappa shape index (κ2) is 4.50. The number of aromatic nitrogens is 1. The maximum absolute atomic E-state index is 10.8. The van der Waals surface area contributed by atoms with Gasteiger partial charge in [0, 0.05) is 23.5 Å². The van der Waals surface area contributed by atoms with Crippen LogP contribution in [-0.4, -0.2) is 17.3 Å². The van der Waals surface area contributed by atoms with E-state index in [1.165, 1.54) is 11.3 Å². The molecule has 0 saturated heterocycles. The van der Waals surface area contributed by atoms with E-state index in [0.717, 1.165) is 24.1 Å². The van der Waals surface area contributed by atoms with Crippen molar-refractivity contribution in [1.82, 2.24) is 4.98 Å². The first-order chi connectivity index (χ1) is 9.20. The van der Waals surface area contributed by atoms with E-state index in [9.17, 15) is 4.79 Å². The number of fused-ring (bicyclic) bond motifs is 1. The number of aryl methyl sites for hydroxylation is 1. The highest BCUT2D eigenvalue weighted by Crippen LogP contribution is 2.38. The first kappa shape index (κ1) is 11.9. The molecule has 96 valence electrons. The maximum atomic E-state index is 10.8. The van der Waals surface area contributed by atoms with Gasteiger partial charge in [0.25, 0.3) is 0 Å². The predicted octanol–water partition coefficient (Wildman–Crippen LogP) is 3.29. The van der Waals surface area contributed by atoms with Gasteiger partial charge in [-0.2, -0.15) is 0 Å². The lowest BCUT2D eigenvalue weighted by Gasteiger charge is -2.25. The minimum Gasteiger partial charge on any atom is -0.323 e. The Bertz CT molecular complexity index is 636. The summed E-state index contributed by atoms with van der Waals surface area (Å²) in [6, 6.07) is 10.7.